The molecule has 0 bridgehead atoms. The molecule has 0 atom stereocenters. The highest BCUT2D eigenvalue weighted by Gasteiger charge is 2.21. The molecule has 122 valence electrons. The zero-order valence-corrected chi connectivity index (χ0v) is 15.7. The molecule has 1 aromatic rings. The Labute approximate surface area is 146 Å². The van der Waals surface area contributed by atoms with E-state index >= 15 is 0 Å². The first-order chi connectivity index (χ1) is 10.8. The Morgan fingerprint density at radius 3 is 2.59 bits per heavy atom. The molecule has 3 nitrogen and oxygen atoms in total. The van der Waals surface area contributed by atoms with Gasteiger partial charge in [0.15, 0.2) is 0 Å². The van der Waals surface area contributed by atoms with Crippen molar-refractivity contribution in [3.8, 4) is 0 Å². The molecule has 0 saturated carbocycles. The molecule has 0 unspecified atom stereocenters. The monoisotopic (exact) mass is 384 g/mol. The number of hydrogen-bond donors (Lipinski definition) is 0. The Hall–Kier alpha value is -0.230. The molecule has 5 heteroatoms. The molecule has 0 radical (unpaired) electrons. The van der Waals surface area contributed by atoms with Crippen molar-refractivity contribution >= 4 is 33.4 Å². The van der Waals surface area contributed by atoms with Gasteiger partial charge in [-0.2, -0.15) is 11.8 Å². The summed E-state index contributed by atoms with van der Waals surface area (Å²) in [6.45, 7) is 5.67. The highest BCUT2D eigenvalue weighted by molar-refractivity contribution is 9.10. The van der Waals surface area contributed by atoms with Crippen molar-refractivity contribution < 1.29 is 4.74 Å². The summed E-state index contributed by atoms with van der Waals surface area (Å²) >= 11 is 5.71. The van der Waals surface area contributed by atoms with Crippen molar-refractivity contribution in [1.29, 1.82) is 0 Å². The first kappa shape index (κ1) is 16.6. The maximum atomic E-state index is 5.48. The van der Waals surface area contributed by atoms with E-state index in [1.807, 2.05) is 7.11 Å². The van der Waals surface area contributed by atoms with Gasteiger partial charge < -0.3 is 9.64 Å². The minimum Gasteiger partial charge on any atom is -0.381 e. The Morgan fingerprint density at radius 2 is 1.91 bits per heavy atom. The van der Waals surface area contributed by atoms with Crippen LogP contribution in [0.2, 0.25) is 0 Å². The van der Waals surface area contributed by atoms with Gasteiger partial charge in [0.1, 0.15) is 0 Å². The van der Waals surface area contributed by atoms with Crippen molar-refractivity contribution in [1.82, 2.24) is 4.90 Å². The minimum atomic E-state index is 0.456. The van der Waals surface area contributed by atoms with E-state index in [0.717, 1.165) is 32.5 Å². The molecule has 2 heterocycles. The Balaban J connectivity index is 1.70. The SMILES string of the molecule is COC1CCN(Cc2cc(Br)ccc2N2CCSCC2)CC1. The van der Waals surface area contributed by atoms with E-state index in [2.05, 4.69) is 55.7 Å². The normalized spacial score (nSPS) is 21.3. The maximum absolute atomic E-state index is 5.48. The summed E-state index contributed by atoms with van der Waals surface area (Å²) < 4.78 is 6.67. The van der Waals surface area contributed by atoms with Gasteiger partial charge in [-0.1, -0.05) is 15.9 Å². The summed E-state index contributed by atoms with van der Waals surface area (Å²) in [6.07, 6.45) is 2.76. The number of nitrogens with zero attached hydrogens (tertiary/aromatic N) is 2. The van der Waals surface area contributed by atoms with Crippen LogP contribution < -0.4 is 4.90 Å². The van der Waals surface area contributed by atoms with E-state index in [1.165, 1.54) is 40.3 Å². The fraction of sp³-hybridized carbons (Fsp3) is 0.647. The van der Waals surface area contributed by atoms with Crippen LogP contribution in [0.5, 0.6) is 0 Å². The van der Waals surface area contributed by atoms with Crippen molar-refractivity contribution in [3.63, 3.8) is 0 Å². The second-order valence-electron chi connectivity index (χ2n) is 6.08. The van der Waals surface area contributed by atoms with Gasteiger partial charge in [-0.25, -0.2) is 0 Å². The highest BCUT2D eigenvalue weighted by Crippen LogP contribution is 2.29. The lowest BCUT2D eigenvalue weighted by atomic mass is 10.1. The standard InChI is InChI=1S/C17H25BrN2OS/c1-21-16-4-6-19(7-5-16)13-14-12-15(18)2-3-17(14)20-8-10-22-11-9-20/h2-3,12,16H,4-11,13H2,1H3. The molecule has 2 fully saturated rings. The summed E-state index contributed by atoms with van der Waals surface area (Å²) in [7, 11) is 1.83. The zero-order valence-electron chi connectivity index (χ0n) is 13.3. The number of ether oxygens (including phenoxy) is 1. The molecule has 2 aliphatic heterocycles. The quantitative estimate of drug-likeness (QED) is 0.787. The maximum Gasteiger partial charge on any atom is 0.0595 e. The van der Waals surface area contributed by atoms with E-state index in [1.54, 1.807) is 0 Å². The number of benzene rings is 1. The predicted octanol–water partition coefficient (Wildman–Crippen LogP) is 3.61. The lowest BCUT2D eigenvalue weighted by Gasteiger charge is -2.34. The Bertz CT molecular complexity index is 486. The van der Waals surface area contributed by atoms with Crippen LogP contribution in [0.25, 0.3) is 0 Å². The number of thioether (sulfide) groups is 1. The first-order valence-corrected chi connectivity index (χ1v) is 10.1. The van der Waals surface area contributed by atoms with Crippen molar-refractivity contribution in [2.75, 3.05) is 49.7 Å². The number of halogens is 1. The van der Waals surface area contributed by atoms with Crippen molar-refractivity contribution in [3.05, 3.63) is 28.2 Å². The molecule has 0 aromatic heterocycles. The molecule has 0 spiro atoms. The molecule has 3 rings (SSSR count). The van der Waals surface area contributed by atoms with E-state index in [4.69, 9.17) is 4.74 Å². The Kier molecular flexibility index (Phi) is 6.08. The molecule has 0 aliphatic carbocycles. The molecule has 2 aliphatic rings. The lowest BCUT2D eigenvalue weighted by molar-refractivity contribution is 0.0389. The second-order valence-corrected chi connectivity index (χ2v) is 8.22. The molecule has 0 N–H and O–H groups in total. The molecule has 2 saturated heterocycles. The molecule has 0 amide bonds. The fourth-order valence-corrected chi connectivity index (χ4v) is 4.65. The van der Waals surface area contributed by atoms with E-state index < -0.39 is 0 Å². The molecule has 1 aromatic carbocycles. The molecule has 22 heavy (non-hydrogen) atoms. The first-order valence-electron chi connectivity index (χ1n) is 8.12. The van der Waals surface area contributed by atoms with E-state index in [0.29, 0.717) is 6.10 Å². The van der Waals surface area contributed by atoms with Gasteiger partial charge in [0.2, 0.25) is 0 Å². The summed E-state index contributed by atoms with van der Waals surface area (Å²) in [4.78, 5) is 5.12. The average molecular weight is 385 g/mol. The third-order valence-electron chi connectivity index (χ3n) is 4.66. The molecular weight excluding hydrogens is 360 g/mol. The average Bonchev–Trinajstić information content (AvgIpc) is 2.56. The van der Waals surface area contributed by atoms with Gasteiger partial charge in [-0.05, 0) is 36.6 Å². The van der Waals surface area contributed by atoms with Gasteiger partial charge in [-0.15, -0.1) is 0 Å². The predicted molar refractivity (Wildman–Crippen MR) is 99.0 cm³/mol. The van der Waals surface area contributed by atoms with Crippen LogP contribution in [-0.2, 0) is 11.3 Å². The van der Waals surface area contributed by atoms with E-state index in [9.17, 15) is 0 Å². The number of piperidine rings is 1. The number of anilines is 1. The number of rotatable bonds is 4. The summed E-state index contributed by atoms with van der Waals surface area (Å²) in [5, 5.41) is 0. The van der Waals surface area contributed by atoms with Crippen molar-refractivity contribution in [2.24, 2.45) is 0 Å². The fourth-order valence-electron chi connectivity index (χ4n) is 3.34. The summed E-state index contributed by atoms with van der Waals surface area (Å²) in [5.41, 5.74) is 2.88. The number of methoxy groups -OCH3 is 1. The second kappa shape index (κ2) is 8.04. The Morgan fingerprint density at radius 1 is 1.18 bits per heavy atom. The number of likely N-dealkylation sites (tertiary alicyclic amines) is 1. The van der Waals surface area contributed by atoms with Gasteiger partial charge in [0, 0.05) is 61.5 Å². The smallest absolute Gasteiger partial charge is 0.0595 e. The topological polar surface area (TPSA) is 15.7 Å². The van der Waals surface area contributed by atoms with Gasteiger partial charge >= 0.3 is 0 Å². The van der Waals surface area contributed by atoms with Gasteiger partial charge in [-0.3, -0.25) is 4.90 Å². The lowest BCUT2D eigenvalue weighted by Crippen LogP contribution is -2.37. The van der Waals surface area contributed by atoms with Gasteiger partial charge in [0.05, 0.1) is 6.10 Å². The highest BCUT2D eigenvalue weighted by atomic mass is 79.9. The largest absolute Gasteiger partial charge is 0.381 e. The summed E-state index contributed by atoms with van der Waals surface area (Å²) in [6, 6.07) is 6.77. The van der Waals surface area contributed by atoms with E-state index in [-0.39, 0.29) is 0 Å². The molecular formula is C17H25BrN2OS. The minimum absolute atomic E-state index is 0.456. The third kappa shape index (κ3) is 4.19. The zero-order chi connectivity index (χ0) is 15.4. The third-order valence-corrected chi connectivity index (χ3v) is 6.09. The van der Waals surface area contributed by atoms with Crippen LogP contribution in [0.4, 0.5) is 5.69 Å². The van der Waals surface area contributed by atoms with Crippen LogP contribution in [0, 0.1) is 0 Å². The van der Waals surface area contributed by atoms with Gasteiger partial charge in [0.25, 0.3) is 0 Å². The van der Waals surface area contributed by atoms with Crippen LogP contribution in [0.3, 0.4) is 0 Å². The van der Waals surface area contributed by atoms with Crippen LogP contribution in [-0.4, -0.2) is 55.8 Å². The van der Waals surface area contributed by atoms with Crippen LogP contribution >= 0.6 is 27.7 Å². The van der Waals surface area contributed by atoms with Crippen LogP contribution in [0.1, 0.15) is 18.4 Å². The van der Waals surface area contributed by atoms with Crippen LogP contribution in [0.15, 0.2) is 22.7 Å². The summed E-state index contributed by atoms with van der Waals surface area (Å²) in [5.74, 6) is 2.49. The van der Waals surface area contributed by atoms with Crippen molar-refractivity contribution in [2.45, 2.75) is 25.5 Å². The number of hydrogen-bond acceptors (Lipinski definition) is 4.